The quantitative estimate of drug-likeness (QED) is 0.469. The van der Waals surface area contributed by atoms with Gasteiger partial charge in [-0.25, -0.2) is 14.6 Å². The van der Waals surface area contributed by atoms with Crippen molar-refractivity contribution in [2.24, 2.45) is 0 Å². The van der Waals surface area contributed by atoms with Gasteiger partial charge in [-0.2, -0.15) is 5.10 Å². The molecule has 0 radical (unpaired) electrons. The van der Waals surface area contributed by atoms with E-state index in [9.17, 15) is 0 Å². The molecular formula is C22H22ClN5. The molecule has 0 saturated heterocycles. The first-order valence-electron chi connectivity index (χ1n) is 9.30. The lowest BCUT2D eigenvalue weighted by molar-refractivity contribution is 0.674. The number of aryl methyl sites for hydroxylation is 1. The van der Waals surface area contributed by atoms with Crippen molar-refractivity contribution in [2.45, 2.75) is 33.4 Å². The van der Waals surface area contributed by atoms with Crippen molar-refractivity contribution >= 4 is 28.5 Å². The van der Waals surface area contributed by atoms with Crippen molar-refractivity contribution in [3.63, 3.8) is 0 Å². The van der Waals surface area contributed by atoms with Gasteiger partial charge in [0.2, 0.25) is 0 Å². The van der Waals surface area contributed by atoms with Gasteiger partial charge in [-0.15, -0.1) is 0 Å². The van der Waals surface area contributed by atoms with Crippen LogP contribution >= 0.6 is 11.6 Å². The Balaban J connectivity index is 1.81. The van der Waals surface area contributed by atoms with Crippen molar-refractivity contribution in [1.82, 2.24) is 19.7 Å². The first-order valence-corrected chi connectivity index (χ1v) is 9.68. The van der Waals surface area contributed by atoms with Gasteiger partial charge >= 0.3 is 0 Å². The Morgan fingerprint density at radius 1 is 1.07 bits per heavy atom. The second-order valence-corrected chi connectivity index (χ2v) is 7.57. The third kappa shape index (κ3) is 3.45. The van der Waals surface area contributed by atoms with Gasteiger partial charge in [0, 0.05) is 17.6 Å². The van der Waals surface area contributed by atoms with Crippen LogP contribution in [0.3, 0.4) is 0 Å². The van der Waals surface area contributed by atoms with E-state index in [4.69, 9.17) is 11.6 Å². The highest BCUT2D eigenvalue weighted by Crippen LogP contribution is 2.28. The van der Waals surface area contributed by atoms with Crippen LogP contribution in [-0.2, 0) is 6.54 Å². The maximum absolute atomic E-state index is 6.11. The summed E-state index contributed by atoms with van der Waals surface area (Å²) < 4.78 is 1.85. The molecule has 4 rings (SSSR count). The Morgan fingerprint density at radius 2 is 1.86 bits per heavy atom. The van der Waals surface area contributed by atoms with Crippen LogP contribution in [0.1, 0.15) is 25.0 Å². The van der Waals surface area contributed by atoms with Crippen molar-refractivity contribution in [3.05, 3.63) is 77.2 Å². The Morgan fingerprint density at radius 3 is 2.57 bits per heavy atom. The summed E-state index contributed by atoms with van der Waals surface area (Å²) >= 11 is 6.11. The summed E-state index contributed by atoms with van der Waals surface area (Å²) in [6.45, 7) is 7.14. The average molecular weight is 392 g/mol. The fourth-order valence-corrected chi connectivity index (χ4v) is 3.60. The lowest BCUT2D eigenvalue weighted by Gasteiger charge is -2.28. The normalized spacial score (nSPS) is 11.3. The second kappa shape index (κ2) is 7.60. The molecule has 2 aromatic heterocycles. The van der Waals surface area contributed by atoms with E-state index >= 15 is 0 Å². The topological polar surface area (TPSA) is 46.8 Å². The molecule has 0 aliphatic rings. The minimum atomic E-state index is 0.277. The third-order valence-electron chi connectivity index (χ3n) is 4.82. The third-order valence-corrected chi connectivity index (χ3v) is 5.06. The molecule has 142 valence electrons. The summed E-state index contributed by atoms with van der Waals surface area (Å²) in [7, 11) is 0. The monoisotopic (exact) mass is 391 g/mol. The van der Waals surface area contributed by atoms with Crippen LogP contribution in [0, 0.1) is 6.92 Å². The number of hydrogen-bond donors (Lipinski definition) is 0. The number of halogens is 1. The van der Waals surface area contributed by atoms with Crippen LogP contribution in [0.2, 0.25) is 5.02 Å². The first kappa shape index (κ1) is 18.4. The summed E-state index contributed by atoms with van der Waals surface area (Å²) in [6, 6.07) is 16.5. The zero-order chi connectivity index (χ0) is 19.7. The van der Waals surface area contributed by atoms with Crippen molar-refractivity contribution in [3.8, 4) is 5.69 Å². The predicted octanol–water partition coefficient (Wildman–Crippen LogP) is 5.19. The van der Waals surface area contributed by atoms with Gasteiger partial charge in [-0.05, 0) is 50.1 Å². The van der Waals surface area contributed by atoms with E-state index in [1.165, 1.54) is 5.56 Å². The first-order chi connectivity index (χ1) is 13.5. The number of fused-ring (bicyclic) bond motifs is 1. The number of hydrogen-bond acceptors (Lipinski definition) is 4. The van der Waals surface area contributed by atoms with Crippen molar-refractivity contribution < 1.29 is 0 Å². The zero-order valence-corrected chi connectivity index (χ0v) is 16.9. The van der Waals surface area contributed by atoms with E-state index in [1.54, 1.807) is 6.33 Å². The van der Waals surface area contributed by atoms with E-state index in [0.717, 1.165) is 34.6 Å². The maximum Gasteiger partial charge on any atom is 0.168 e. The molecule has 0 atom stereocenters. The van der Waals surface area contributed by atoms with Gasteiger partial charge in [0.05, 0.1) is 17.3 Å². The number of nitrogens with zero attached hydrogens (tertiary/aromatic N) is 5. The van der Waals surface area contributed by atoms with Gasteiger partial charge in [0.1, 0.15) is 12.1 Å². The van der Waals surface area contributed by atoms with Crippen molar-refractivity contribution in [1.29, 1.82) is 0 Å². The molecule has 0 spiro atoms. The summed E-state index contributed by atoms with van der Waals surface area (Å²) in [5, 5.41) is 6.25. The van der Waals surface area contributed by atoms with E-state index in [2.05, 4.69) is 58.1 Å². The molecule has 2 aromatic carbocycles. The molecule has 0 N–H and O–H groups in total. The molecule has 5 nitrogen and oxygen atoms in total. The van der Waals surface area contributed by atoms with Gasteiger partial charge in [-0.1, -0.05) is 41.9 Å². The maximum atomic E-state index is 6.11. The zero-order valence-electron chi connectivity index (χ0n) is 16.2. The Hall–Kier alpha value is -2.92. The highest BCUT2D eigenvalue weighted by atomic mass is 35.5. The van der Waals surface area contributed by atoms with E-state index in [0.29, 0.717) is 5.02 Å². The highest BCUT2D eigenvalue weighted by Gasteiger charge is 2.19. The van der Waals surface area contributed by atoms with Crippen LogP contribution in [0.5, 0.6) is 0 Å². The molecule has 0 aliphatic heterocycles. The van der Waals surface area contributed by atoms with Crippen LogP contribution < -0.4 is 4.90 Å². The van der Waals surface area contributed by atoms with Crippen molar-refractivity contribution in [2.75, 3.05) is 4.90 Å². The van der Waals surface area contributed by atoms with Crippen LogP contribution in [0.15, 0.2) is 61.1 Å². The minimum absolute atomic E-state index is 0.277. The Labute approximate surface area is 169 Å². The second-order valence-electron chi connectivity index (χ2n) is 7.13. The highest BCUT2D eigenvalue weighted by molar-refractivity contribution is 6.30. The SMILES string of the molecule is Cc1cc(Cl)ccc1-n1ncc2c(N(Cc3ccccc3)C(C)C)ncnc21. The molecule has 4 aromatic rings. The lowest BCUT2D eigenvalue weighted by atomic mass is 10.2. The predicted molar refractivity (Wildman–Crippen MR) is 114 cm³/mol. The molecule has 0 aliphatic carbocycles. The Bertz CT molecular complexity index is 1100. The van der Waals surface area contributed by atoms with E-state index in [-0.39, 0.29) is 6.04 Å². The summed E-state index contributed by atoms with van der Waals surface area (Å²) in [5.41, 5.74) is 4.03. The molecule has 0 bridgehead atoms. The molecule has 0 amide bonds. The smallest absolute Gasteiger partial charge is 0.168 e. The molecule has 0 unspecified atom stereocenters. The van der Waals surface area contributed by atoms with E-state index in [1.807, 2.05) is 42.1 Å². The van der Waals surface area contributed by atoms with Crippen LogP contribution in [-0.4, -0.2) is 25.8 Å². The fourth-order valence-electron chi connectivity index (χ4n) is 3.38. The Kier molecular flexibility index (Phi) is 5.01. The number of aromatic nitrogens is 4. The molecule has 0 saturated carbocycles. The molecule has 0 fully saturated rings. The van der Waals surface area contributed by atoms with Gasteiger partial charge < -0.3 is 4.90 Å². The minimum Gasteiger partial charge on any atom is -0.349 e. The molecular weight excluding hydrogens is 370 g/mol. The van der Waals surface area contributed by atoms with Crippen LogP contribution in [0.4, 0.5) is 5.82 Å². The fraction of sp³-hybridized carbons (Fsp3) is 0.227. The lowest BCUT2D eigenvalue weighted by Crippen LogP contribution is -2.31. The molecule has 28 heavy (non-hydrogen) atoms. The van der Waals surface area contributed by atoms with Gasteiger partial charge in [0.15, 0.2) is 5.65 Å². The van der Waals surface area contributed by atoms with E-state index < -0.39 is 0 Å². The van der Waals surface area contributed by atoms with Gasteiger partial charge in [-0.3, -0.25) is 0 Å². The number of rotatable bonds is 5. The molecule has 6 heteroatoms. The standard InChI is InChI=1S/C22H22ClN5/c1-15(2)27(13-17-7-5-4-6-8-17)21-19-12-26-28(22(19)25-14-24-21)20-10-9-18(23)11-16(20)3/h4-12,14-15H,13H2,1-3H3. The summed E-state index contributed by atoms with van der Waals surface area (Å²) in [4.78, 5) is 11.4. The van der Waals surface area contributed by atoms with Crippen LogP contribution in [0.25, 0.3) is 16.7 Å². The molecule has 2 heterocycles. The number of anilines is 1. The summed E-state index contributed by atoms with van der Waals surface area (Å²) in [5.74, 6) is 0.890. The van der Waals surface area contributed by atoms with Gasteiger partial charge in [0.25, 0.3) is 0 Å². The average Bonchev–Trinajstić information content (AvgIpc) is 3.11. The number of benzene rings is 2. The largest absolute Gasteiger partial charge is 0.349 e. The summed E-state index contributed by atoms with van der Waals surface area (Å²) in [6.07, 6.45) is 3.46.